The first-order chi connectivity index (χ1) is 10.7. The number of hydrogen-bond donors (Lipinski definition) is 1. The van der Waals surface area contributed by atoms with Crippen molar-refractivity contribution in [1.29, 1.82) is 0 Å². The van der Waals surface area contributed by atoms with E-state index in [1.165, 1.54) is 12.8 Å². The largest absolute Gasteiger partial charge is 0.338 e. The van der Waals surface area contributed by atoms with Crippen LogP contribution in [0.25, 0.3) is 11.3 Å². The van der Waals surface area contributed by atoms with E-state index in [9.17, 15) is 0 Å². The molecule has 0 aromatic carbocycles. The molecule has 2 bridgehead atoms. The van der Waals surface area contributed by atoms with Gasteiger partial charge >= 0.3 is 0 Å². The molecule has 5 heteroatoms. The zero-order valence-corrected chi connectivity index (χ0v) is 13.1. The fraction of sp³-hybridized carbons (Fsp3) is 0.471. The fourth-order valence-corrected chi connectivity index (χ4v) is 3.57. The van der Waals surface area contributed by atoms with Crippen LogP contribution in [-0.2, 0) is 0 Å². The molecule has 5 nitrogen and oxygen atoms in total. The van der Waals surface area contributed by atoms with Crippen LogP contribution >= 0.6 is 0 Å². The maximum Gasteiger partial charge on any atom is 0.225 e. The van der Waals surface area contributed by atoms with Crippen LogP contribution in [0, 0.1) is 13.8 Å². The van der Waals surface area contributed by atoms with Gasteiger partial charge in [0.05, 0.1) is 5.69 Å². The average molecular weight is 295 g/mol. The summed E-state index contributed by atoms with van der Waals surface area (Å²) in [4.78, 5) is 16.2. The van der Waals surface area contributed by atoms with E-state index in [0.29, 0.717) is 12.1 Å². The van der Waals surface area contributed by atoms with Gasteiger partial charge in [0.15, 0.2) is 0 Å². The summed E-state index contributed by atoms with van der Waals surface area (Å²) in [5, 5.41) is 3.64. The zero-order chi connectivity index (χ0) is 15.1. The van der Waals surface area contributed by atoms with Crippen molar-refractivity contribution in [2.24, 2.45) is 0 Å². The minimum Gasteiger partial charge on any atom is -0.338 e. The number of piperazine rings is 1. The van der Waals surface area contributed by atoms with Crippen LogP contribution in [0.5, 0.6) is 0 Å². The summed E-state index contributed by atoms with van der Waals surface area (Å²) >= 11 is 0. The van der Waals surface area contributed by atoms with Crippen LogP contribution in [0.1, 0.15) is 24.2 Å². The molecule has 4 heterocycles. The Morgan fingerprint density at radius 3 is 2.55 bits per heavy atom. The van der Waals surface area contributed by atoms with E-state index in [-0.39, 0.29) is 0 Å². The fourth-order valence-electron chi connectivity index (χ4n) is 3.57. The molecule has 2 aliphatic heterocycles. The standard InChI is InChI=1S/C17H21N5/c1-11-3-6-15(12(2)19-11)16-7-8-18-17(21-16)22-9-13-4-5-14(10-22)20-13/h3,6-8,13-14,20H,4-5,9-10H2,1-2H3/t13-,14+. The van der Waals surface area contributed by atoms with Crippen molar-refractivity contribution < 1.29 is 0 Å². The molecule has 4 rings (SSSR count). The Kier molecular flexibility index (Phi) is 3.30. The molecule has 1 N–H and O–H groups in total. The van der Waals surface area contributed by atoms with Crippen molar-refractivity contribution in [2.45, 2.75) is 38.8 Å². The molecule has 0 unspecified atom stereocenters. The summed E-state index contributed by atoms with van der Waals surface area (Å²) in [5.74, 6) is 0.843. The molecule has 2 saturated heterocycles. The monoisotopic (exact) mass is 295 g/mol. The SMILES string of the molecule is Cc1ccc(-c2ccnc(N3C[C@H]4CC[C@@H](C3)N4)n2)c(C)n1. The third-order valence-corrected chi connectivity index (χ3v) is 4.64. The number of rotatable bonds is 2. The third-order valence-electron chi connectivity index (χ3n) is 4.64. The summed E-state index contributed by atoms with van der Waals surface area (Å²) in [6.45, 7) is 6.06. The molecule has 114 valence electrons. The lowest BCUT2D eigenvalue weighted by Gasteiger charge is -2.32. The van der Waals surface area contributed by atoms with Crippen molar-refractivity contribution in [2.75, 3.05) is 18.0 Å². The highest BCUT2D eigenvalue weighted by Crippen LogP contribution is 2.25. The summed E-state index contributed by atoms with van der Waals surface area (Å²) < 4.78 is 0. The quantitative estimate of drug-likeness (QED) is 0.919. The molecule has 2 aromatic heterocycles. The molecule has 0 saturated carbocycles. The van der Waals surface area contributed by atoms with E-state index >= 15 is 0 Å². The Morgan fingerprint density at radius 1 is 1.05 bits per heavy atom. The number of pyridine rings is 1. The maximum absolute atomic E-state index is 4.80. The molecule has 2 fully saturated rings. The smallest absolute Gasteiger partial charge is 0.225 e. The van der Waals surface area contributed by atoms with E-state index in [2.05, 4.69) is 26.3 Å². The predicted octanol–water partition coefficient (Wildman–Crippen LogP) is 2.10. The molecule has 2 aliphatic rings. The van der Waals surface area contributed by atoms with Gasteiger partial charge in [-0.15, -0.1) is 0 Å². The van der Waals surface area contributed by atoms with Gasteiger partial charge in [0.1, 0.15) is 0 Å². The first-order valence-corrected chi connectivity index (χ1v) is 7.98. The van der Waals surface area contributed by atoms with Gasteiger partial charge in [0, 0.05) is 48.3 Å². The second kappa shape index (κ2) is 5.32. The molecule has 2 aromatic rings. The Balaban J connectivity index is 1.65. The van der Waals surface area contributed by atoms with Crippen molar-refractivity contribution in [3.8, 4) is 11.3 Å². The molecule has 2 atom stereocenters. The van der Waals surface area contributed by atoms with Crippen LogP contribution in [0.15, 0.2) is 24.4 Å². The number of nitrogens with zero attached hydrogens (tertiary/aromatic N) is 4. The molecular formula is C17H21N5. The van der Waals surface area contributed by atoms with Gasteiger partial charge in [-0.3, -0.25) is 4.98 Å². The average Bonchev–Trinajstić information content (AvgIpc) is 2.86. The van der Waals surface area contributed by atoms with Crippen molar-refractivity contribution >= 4 is 5.95 Å². The Hall–Kier alpha value is -2.01. The predicted molar refractivity (Wildman–Crippen MR) is 86.9 cm³/mol. The summed E-state index contributed by atoms with van der Waals surface area (Å²) in [6.07, 6.45) is 4.39. The van der Waals surface area contributed by atoms with Gasteiger partial charge in [-0.1, -0.05) is 0 Å². The normalized spacial score (nSPS) is 23.8. The highest BCUT2D eigenvalue weighted by Gasteiger charge is 2.33. The van der Waals surface area contributed by atoms with Crippen LogP contribution in [0.3, 0.4) is 0 Å². The minimum atomic E-state index is 0.591. The molecule has 0 aliphatic carbocycles. The van der Waals surface area contributed by atoms with Crippen molar-refractivity contribution in [1.82, 2.24) is 20.3 Å². The number of hydrogen-bond acceptors (Lipinski definition) is 5. The highest BCUT2D eigenvalue weighted by atomic mass is 15.3. The van der Waals surface area contributed by atoms with Crippen LogP contribution in [0.2, 0.25) is 0 Å². The lowest BCUT2D eigenvalue weighted by Crippen LogP contribution is -2.51. The Bertz CT molecular complexity index is 687. The van der Waals surface area contributed by atoms with Crippen molar-refractivity contribution in [3.05, 3.63) is 35.8 Å². The number of nitrogens with one attached hydrogen (secondary N) is 1. The van der Waals surface area contributed by atoms with Crippen LogP contribution in [0.4, 0.5) is 5.95 Å². The summed E-state index contributed by atoms with van der Waals surface area (Å²) in [5.41, 5.74) is 4.10. The van der Waals surface area contributed by atoms with Gasteiger partial charge in [-0.25, -0.2) is 9.97 Å². The van der Waals surface area contributed by atoms with Crippen LogP contribution in [-0.4, -0.2) is 40.1 Å². The summed E-state index contributed by atoms with van der Waals surface area (Å²) in [6, 6.07) is 7.29. The van der Waals surface area contributed by atoms with Gasteiger partial charge in [-0.05, 0) is 44.9 Å². The lowest BCUT2D eigenvalue weighted by molar-refractivity contribution is 0.461. The lowest BCUT2D eigenvalue weighted by atomic mass is 10.1. The maximum atomic E-state index is 4.80. The van der Waals surface area contributed by atoms with Gasteiger partial charge in [0.25, 0.3) is 0 Å². The van der Waals surface area contributed by atoms with Gasteiger partial charge in [-0.2, -0.15) is 0 Å². The van der Waals surface area contributed by atoms with E-state index in [4.69, 9.17) is 4.98 Å². The van der Waals surface area contributed by atoms with E-state index in [1.807, 2.05) is 32.2 Å². The second-order valence-electron chi connectivity index (χ2n) is 6.37. The zero-order valence-electron chi connectivity index (χ0n) is 13.1. The molecule has 0 spiro atoms. The number of anilines is 1. The first-order valence-electron chi connectivity index (χ1n) is 7.98. The van der Waals surface area contributed by atoms with E-state index in [0.717, 1.165) is 41.7 Å². The van der Waals surface area contributed by atoms with Gasteiger partial charge in [0.2, 0.25) is 5.95 Å². The molecule has 0 radical (unpaired) electrons. The first kappa shape index (κ1) is 13.6. The van der Waals surface area contributed by atoms with Crippen molar-refractivity contribution in [3.63, 3.8) is 0 Å². The third kappa shape index (κ3) is 2.46. The Morgan fingerprint density at radius 2 is 1.82 bits per heavy atom. The summed E-state index contributed by atoms with van der Waals surface area (Å²) in [7, 11) is 0. The van der Waals surface area contributed by atoms with E-state index in [1.54, 1.807) is 0 Å². The molecule has 0 amide bonds. The second-order valence-corrected chi connectivity index (χ2v) is 6.37. The number of fused-ring (bicyclic) bond motifs is 2. The Labute approximate surface area is 130 Å². The molecular weight excluding hydrogens is 274 g/mol. The molecule has 22 heavy (non-hydrogen) atoms. The number of aromatic nitrogens is 3. The topological polar surface area (TPSA) is 53.9 Å². The van der Waals surface area contributed by atoms with E-state index < -0.39 is 0 Å². The highest BCUT2D eigenvalue weighted by molar-refractivity contribution is 5.62. The van der Waals surface area contributed by atoms with Crippen LogP contribution < -0.4 is 10.2 Å². The minimum absolute atomic E-state index is 0.591. The van der Waals surface area contributed by atoms with Gasteiger partial charge < -0.3 is 10.2 Å². The number of aryl methyl sites for hydroxylation is 2.